The van der Waals surface area contributed by atoms with Crippen LogP contribution < -0.4 is 0 Å². The average Bonchev–Trinajstić information content (AvgIpc) is 2.43. The molecule has 0 saturated carbocycles. The summed E-state index contributed by atoms with van der Waals surface area (Å²) in [6.07, 6.45) is 0. The number of alkyl halides is 1. The molecule has 0 aromatic carbocycles. The molecular weight excluding hydrogens is 277 g/mol. The van der Waals surface area contributed by atoms with Crippen molar-refractivity contribution in [3.8, 4) is 0 Å². The first-order valence-electron chi connectivity index (χ1n) is 4.42. The van der Waals surface area contributed by atoms with E-state index in [0.717, 1.165) is 0 Å². The number of amides is 1. The molecule has 6 heteroatoms. The van der Waals surface area contributed by atoms with E-state index in [2.05, 4.69) is 0 Å². The molecular formula is C9H8Cl3NOS. The lowest BCUT2D eigenvalue weighted by Gasteiger charge is -2.38. The van der Waals surface area contributed by atoms with E-state index in [1.54, 1.807) is 11.0 Å². The van der Waals surface area contributed by atoms with Crippen molar-refractivity contribution in [2.75, 3.05) is 19.0 Å². The van der Waals surface area contributed by atoms with Gasteiger partial charge in [-0.25, -0.2) is 0 Å². The minimum absolute atomic E-state index is 0.0514. The van der Waals surface area contributed by atoms with Crippen LogP contribution >= 0.6 is 46.1 Å². The zero-order chi connectivity index (χ0) is 11.0. The lowest BCUT2D eigenvalue weighted by Crippen LogP contribution is -2.50. The van der Waals surface area contributed by atoms with Crippen molar-refractivity contribution >= 4 is 52.0 Å². The Bertz CT molecular complexity index is 387. The molecule has 1 fully saturated rings. The molecule has 1 saturated heterocycles. The molecule has 1 aromatic rings. The van der Waals surface area contributed by atoms with E-state index in [-0.39, 0.29) is 5.91 Å². The SMILES string of the molecule is O=C(c1cc(Cl)sc1Cl)N1CC(CCl)C1. The number of nitrogens with zero attached hydrogens (tertiary/aromatic N) is 1. The zero-order valence-corrected chi connectivity index (χ0v) is 10.8. The summed E-state index contributed by atoms with van der Waals surface area (Å²) in [7, 11) is 0. The van der Waals surface area contributed by atoms with E-state index >= 15 is 0 Å². The van der Waals surface area contributed by atoms with E-state index in [9.17, 15) is 4.79 Å². The van der Waals surface area contributed by atoms with E-state index in [4.69, 9.17) is 34.8 Å². The molecule has 1 aromatic heterocycles. The van der Waals surface area contributed by atoms with Crippen LogP contribution in [0.2, 0.25) is 8.67 Å². The normalized spacial score (nSPS) is 16.6. The van der Waals surface area contributed by atoms with Gasteiger partial charge in [-0.3, -0.25) is 4.79 Å². The third kappa shape index (κ3) is 2.26. The Morgan fingerprint density at radius 1 is 1.53 bits per heavy atom. The molecule has 0 aliphatic carbocycles. The molecule has 2 nitrogen and oxygen atoms in total. The highest BCUT2D eigenvalue weighted by Crippen LogP contribution is 2.33. The molecule has 0 atom stereocenters. The van der Waals surface area contributed by atoms with Gasteiger partial charge in [0.2, 0.25) is 0 Å². The Balaban J connectivity index is 2.06. The Morgan fingerprint density at radius 2 is 2.20 bits per heavy atom. The van der Waals surface area contributed by atoms with Crippen molar-refractivity contribution in [3.05, 3.63) is 20.3 Å². The number of rotatable bonds is 2. The van der Waals surface area contributed by atoms with Crippen molar-refractivity contribution in [1.82, 2.24) is 4.90 Å². The largest absolute Gasteiger partial charge is 0.338 e. The van der Waals surface area contributed by atoms with Crippen LogP contribution in [0.1, 0.15) is 10.4 Å². The fraction of sp³-hybridized carbons (Fsp3) is 0.444. The predicted octanol–water partition coefficient (Wildman–Crippen LogP) is 3.37. The summed E-state index contributed by atoms with van der Waals surface area (Å²) < 4.78 is 0.997. The van der Waals surface area contributed by atoms with Crippen LogP contribution in [0.4, 0.5) is 0 Å². The van der Waals surface area contributed by atoms with Gasteiger partial charge >= 0.3 is 0 Å². The van der Waals surface area contributed by atoms with E-state index in [0.29, 0.717) is 39.1 Å². The van der Waals surface area contributed by atoms with E-state index < -0.39 is 0 Å². The number of hydrogen-bond acceptors (Lipinski definition) is 2. The fourth-order valence-electron chi connectivity index (χ4n) is 1.49. The van der Waals surface area contributed by atoms with Gasteiger partial charge in [-0.15, -0.1) is 22.9 Å². The van der Waals surface area contributed by atoms with Crippen molar-refractivity contribution in [3.63, 3.8) is 0 Å². The second-order valence-corrected chi connectivity index (χ2v) is 6.06. The summed E-state index contributed by atoms with van der Waals surface area (Å²) in [6.45, 7) is 1.43. The number of likely N-dealkylation sites (tertiary alicyclic amines) is 1. The maximum absolute atomic E-state index is 11.9. The quantitative estimate of drug-likeness (QED) is 0.763. The maximum atomic E-state index is 11.9. The van der Waals surface area contributed by atoms with E-state index in [1.165, 1.54) is 11.3 Å². The standard InChI is InChI=1S/C9H8Cl3NOS/c10-2-5-3-13(4-5)9(14)6-1-7(11)15-8(6)12/h1,5H,2-4H2. The first kappa shape index (κ1) is 11.5. The van der Waals surface area contributed by atoms with Gasteiger partial charge in [-0.1, -0.05) is 23.2 Å². The monoisotopic (exact) mass is 283 g/mol. The molecule has 0 spiro atoms. The van der Waals surface area contributed by atoms with Crippen LogP contribution in [0, 0.1) is 5.92 Å². The van der Waals surface area contributed by atoms with Gasteiger partial charge in [-0.05, 0) is 6.07 Å². The van der Waals surface area contributed by atoms with Crippen LogP contribution in [0.5, 0.6) is 0 Å². The van der Waals surface area contributed by atoms with Gasteiger partial charge in [0.25, 0.3) is 5.91 Å². The molecule has 0 radical (unpaired) electrons. The van der Waals surface area contributed by atoms with Crippen LogP contribution in [-0.4, -0.2) is 29.8 Å². The average molecular weight is 285 g/mol. The second kappa shape index (κ2) is 4.50. The van der Waals surface area contributed by atoms with Crippen LogP contribution in [0.15, 0.2) is 6.07 Å². The number of thiophene rings is 1. The van der Waals surface area contributed by atoms with Gasteiger partial charge in [0.05, 0.1) is 9.90 Å². The summed E-state index contributed by atoms with van der Waals surface area (Å²) in [4.78, 5) is 13.6. The van der Waals surface area contributed by atoms with Crippen molar-refractivity contribution in [1.29, 1.82) is 0 Å². The second-order valence-electron chi connectivity index (χ2n) is 3.47. The first-order chi connectivity index (χ1) is 7.11. The van der Waals surface area contributed by atoms with E-state index in [1.807, 2.05) is 0 Å². The van der Waals surface area contributed by atoms with Crippen LogP contribution in [0.3, 0.4) is 0 Å². The molecule has 82 valence electrons. The topological polar surface area (TPSA) is 20.3 Å². The zero-order valence-electron chi connectivity index (χ0n) is 7.67. The Morgan fingerprint density at radius 3 is 2.67 bits per heavy atom. The van der Waals surface area contributed by atoms with Crippen LogP contribution in [0.25, 0.3) is 0 Å². The Kier molecular flexibility index (Phi) is 3.45. The van der Waals surface area contributed by atoms with Gasteiger partial charge in [0.15, 0.2) is 0 Å². The summed E-state index contributed by atoms with van der Waals surface area (Å²) >= 11 is 18.6. The molecule has 1 amide bonds. The molecule has 2 rings (SSSR count). The van der Waals surface area contributed by atoms with Gasteiger partial charge in [-0.2, -0.15) is 0 Å². The van der Waals surface area contributed by atoms with Crippen molar-refractivity contribution < 1.29 is 4.79 Å². The van der Waals surface area contributed by atoms with Gasteiger partial charge < -0.3 is 4.90 Å². The molecule has 1 aliphatic heterocycles. The summed E-state index contributed by atoms with van der Waals surface area (Å²) in [6, 6.07) is 1.62. The van der Waals surface area contributed by atoms with Crippen LogP contribution in [-0.2, 0) is 0 Å². The number of carbonyl (C=O) groups excluding carboxylic acids is 1. The van der Waals surface area contributed by atoms with Crippen molar-refractivity contribution in [2.24, 2.45) is 5.92 Å². The number of halogens is 3. The summed E-state index contributed by atoms with van der Waals surface area (Å²) in [5.74, 6) is 0.968. The highest BCUT2D eigenvalue weighted by atomic mass is 35.5. The van der Waals surface area contributed by atoms with Gasteiger partial charge in [0.1, 0.15) is 4.34 Å². The highest BCUT2D eigenvalue weighted by molar-refractivity contribution is 7.20. The Hall–Kier alpha value is 0.0400. The van der Waals surface area contributed by atoms with Crippen molar-refractivity contribution in [2.45, 2.75) is 0 Å². The fourth-order valence-corrected chi connectivity index (χ4v) is 3.13. The highest BCUT2D eigenvalue weighted by Gasteiger charge is 2.31. The number of carbonyl (C=O) groups is 1. The Labute approximate surface area is 107 Å². The summed E-state index contributed by atoms with van der Waals surface area (Å²) in [5.41, 5.74) is 0.500. The third-order valence-corrected chi connectivity index (χ3v) is 4.27. The lowest BCUT2D eigenvalue weighted by molar-refractivity contribution is 0.0536. The molecule has 0 unspecified atom stereocenters. The smallest absolute Gasteiger partial charge is 0.256 e. The minimum atomic E-state index is -0.0514. The predicted molar refractivity (Wildman–Crippen MR) is 64.5 cm³/mol. The maximum Gasteiger partial charge on any atom is 0.256 e. The number of hydrogen-bond donors (Lipinski definition) is 0. The lowest BCUT2D eigenvalue weighted by atomic mass is 10.0. The van der Waals surface area contributed by atoms with Gasteiger partial charge in [0, 0.05) is 24.9 Å². The molecule has 2 heterocycles. The molecule has 1 aliphatic rings. The minimum Gasteiger partial charge on any atom is -0.338 e. The molecule has 15 heavy (non-hydrogen) atoms. The summed E-state index contributed by atoms with van der Waals surface area (Å²) in [5, 5.41) is 0. The third-order valence-electron chi connectivity index (χ3n) is 2.35. The first-order valence-corrected chi connectivity index (χ1v) is 6.52. The molecule has 0 bridgehead atoms. The molecule has 0 N–H and O–H groups in total.